The number of benzene rings is 1. The lowest BCUT2D eigenvalue weighted by atomic mass is 10.2. The van der Waals surface area contributed by atoms with Gasteiger partial charge >= 0.3 is 0 Å². The first-order valence-corrected chi connectivity index (χ1v) is 6.46. The predicted molar refractivity (Wildman–Crippen MR) is 79.2 cm³/mol. The fourth-order valence-electron chi connectivity index (χ4n) is 1.80. The number of aryl methyl sites for hydroxylation is 2. The lowest BCUT2D eigenvalue weighted by molar-refractivity contribution is 0.281. The number of nitrogens with two attached hydrogens (primary N) is 1. The molecule has 1 aromatic heterocycles. The zero-order chi connectivity index (χ0) is 14.7. The van der Waals surface area contributed by atoms with Crippen LogP contribution in [0.25, 0.3) is 0 Å². The molecule has 0 aliphatic rings. The summed E-state index contributed by atoms with van der Waals surface area (Å²) in [6.07, 6.45) is 0. The van der Waals surface area contributed by atoms with E-state index >= 15 is 0 Å². The Bertz CT molecular complexity index is 618. The molecule has 1 heterocycles. The Morgan fingerprint density at radius 2 is 2.10 bits per heavy atom. The largest absolute Gasteiger partial charge is 0.493 e. The number of aromatic nitrogens is 1. The highest BCUT2D eigenvalue weighted by atomic mass is 32.1. The quantitative estimate of drug-likeness (QED) is 0.854. The second kappa shape index (κ2) is 5.92. The molecule has 0 aliphatic carbocycles. The lowest BCUT2D eigenvalue weighted by Gasteiger charge is -2.11. The van der Waals surface area contributed by atoms with Crippen LogP contribution >= 0.6 is 12.2 Å². The van der Waals surface area contributed by atoms with E-state index in [4.69, 9.17) is 31.9 Å². The highest BCUT2D eigenvalue weighted by molar-refractivity contribution is 7.80. The van der Waals surface area contributed by atoms with Crippen molar-refractivity contribution in [3.05, 3.63) is 40.8 Å². The van der Waals surface area contributed by atoms with Crippen molar-refractivity contribution >= 4 is 17.2 Å². The Labute approximate surface area is 122 Å². The van der Waals surface area contributed by atoms with Gasteiger partial charge in [0.2, 0.25) is 0 Å². The van der Waals surface area contributed by atoms with Gasteiger partial charge in [-0.25, -0.2) is 0 Å². The second-order valence-corrected chi connectivity index (χ2v) is 4.76. The molecular formula is C14H16N2O3S. The Balaban J connectivity index is 2.19. The van der Waals surface area contributed by atoms with Crippen LogP contribution in [0, 0.1) is 13.8 Å². The first-order valence-electron chi connectivity index (χ1n) is 6.05. The minimum Gasteiger partial charge on any atom is -0.493 e. The molecule has 2 rings (SSSR count). The molecule has 0 amide bonds. The van der Waals surface area contributed by atoms with Crippen LogP contribution in [-0.2, 0) is 6.61 Å². The average molecular weight is 292 g/mol. The Morgan fingerprint density at radius 3 is 2.65 bits per heavy atom. The summed E-state index contributed by atoms with van der Waals surface area (Å²) in [5.74, 6) is 1.95. The molecule has 20 heavy (non-hydrogen) atoms. The van der Waals surface area contributed by atoms with Crippen LogP contribution in [0.4, 0.5) is 0 Å². The molecule has 0 radical (unpaired) electrons. The lowest BCUT2D eigenvalue weighted by Crippen LogP contribution is -2.09. The first kappa shape index (κ1) is 14.3. The van der Waals surface area contributed by atoms with Gasteiger partial charge in [0.15, 0.2) is 11.5 Å². The highest BCUT2D eigenvalue weighted by Gasteiger charge is 2.12. The van der Waals surface area contributed by atoms with Gasteiger partial charge in [-0.2, -0.15) is 0 Å². The fraction of sp³-hybridized carbons (Fsp3) is 0.286. The summed E-state index contributed by atoms with van der Waals surface area (Å²) in [4.78, 5) is 0.320. The minimum atomic E-state index is 0.320. The summed E-state index contributed by atoms with van der Waals surface area (Å²) in [6, 6.07) is 5.34. The molecule has 0 aliphatic heterocycles. The maximum Gasteiger partial charge on any atom is 0.161 e. The molecular weight excluding hydrogens is 276 g/mol. The summed E-state index contributed by atoms with van der Waals surface area (Å²) in [7, 11) is 1.57. The number of hydrogen-bond acceptors (Lipinski definition) is 5. The molecule has 0 spiro atoms. The van der Waals surface area contributed by atoms with Crippen LogP contribution in [0.5, 0.6) is 11.5 Å². The van der Waals surface area contributed by atoms with Gasteiger partial charge in [0.25, 0.3) is 0 Å². The van der Waals surface area contributed by atoms with E-state index in [1.54, 1.807) is 25.3 Å². The van der Waals surface area contributed by atoms with E-state index < -0.39 is 0 Å². The smallest absolute Gasteiger partial charge is 0.161 e. The van der Waals surface area contributed by atoms with E-state index in [0.717, 1.165) is 22.6 Å². The number of rotatable bonds is 5. The molecule has 6 heteroatoms. The Morgan fingerprint density at radius 1 is 1.35 bits per heavy atom. The molecule has 0 unspecified atom stereocenters. The number of thiocarbonyl (C=S) groups is 1. The van der Waals surface area contributed by atoms with Crippen LogP contribution in [0.3, 0.4) is 0 Å². The zero-order valence-corrected chi connectivity index (χ0v) is 12.4. The molecule has 106 valence electrons. The van der Waals surface area contributed by atoms with Crippen molar-refractivity contribution in [1.29, 1.82) is 0 Å². The Kier molecular flexibility index (Phi) is 4.24. The van der Waals surface area contributed by atoms with Crippen LogP contribution in [-0.4, -0.2) is 17.3 Å². The van der Waals surface area contributed by atoms with Crippen LogP contribution < -0.4 is 15.2 Å². The van der Waals surface area contributed by atoms with Crippen LogP contribution in [0.1, 0.15) is 22.6 Å². The van der Waals surface area contributed by atoms with Crippen molar-refractivity contribution in [3.8, 4) is 11.5 Å². The average Bonchev–Trinajstić information content (AvgIpc) is 2.75. The van der Waals surface area contributed by atoms with E-state index in [-0.39, 0.29) is 0 Å². The monoisotopic (exact) mass is 292 g/mol. The number of hydrogen-bond donors (Lipinski definition) is 1. The molecule has 0 fully saturated rings. The third-order valence-electron chi connectivity index (χ3n) is 3.00. The topological polar surface area (TPSA) is 70.5 Å². The van der Waals surface area contributed by atoms with E-state index in [1.807, 2.05) is 13.8 Å². The van der Waals surface area contributed by atoms with Gasteiger partial charge in [-0.15, -0.1) is 0 Å². The number of nitrogens with zero attached hydrogens (tertiary/aromatic N) is 1. The normalized spacial score (nSPS) is 10.3. The van der Waals surface area contributed by atoms with Gasteiger partial charge in [0.05, 0.1) is 18.4 Å². The fourth-order valence-corrected chi connectivity index (χ4v) is 1.92. The molecule has 0 bridgehead atoms. The number of methoxy groups -OCH3 is 1. The molecule has 0 saturated carbocycles. The van der Waals surface area contributed by atoms with Crippen LogP contribution in [0.15, 0.2) is 22.7 Å². The van der Waals surface area contributed by atoms with E-state index in [1.165, 1.54) is 0 Å². The summed E-state index contributed by atoms with van der Waals surface area (Å²) >= 11 is 4.94. The van der Waals surface area contributed by atoms with Gasteiger partial charge in [-0.1, -0.05) is 17.4 Å². The summed E-state index contributed by atoms with van der Waals surface area (Å²) in [5, 5.41) is 3.89. The zero-order valence-electron chi connectivity index (χ0n) is 11.6. The Hall–Kier alpha value is -2.08. The SMILES string of the molecule is COc1cc(C(N)=S)ccc1OCc1c(C)noc1C. The van der Waals surface area contributed by atoms with E-state index in [9.17, 15) is 0 Å². The molecule has 5 nitrogen and oxygen atoms in total. The summed E-state index contributed by atoms with van der Waals surface area (Å²) in [5.41, 5.74) is 8.09. The molecule has 0 saturated heterocycles. The van der Waals surface area contributed by atoms with Crippen molar-refractivity contribution in [2.75, 3.05) is 7.11 Å². The minimum absolute atomic E-state index is 0.320. The molecule has 1 aromatic carbocycles. The van der Waals surface area contributed by atoms with Gasteiger partial charge in [-0.3, -0.25) is 0 Å². The van der Waals surface area contributed by atoms with Crippen molar-refractivity contribution < 1.29 is 14.0 Å². The van der Waals surface area contributed by atoms with E-state index in [0.29, 0.717) is 23.1 Å². The van der Waals surface area contributed by atoms with Gasteiger partial charge in [-0.05, 0) is 32.0 Å². The maximum atomic E-state index is 5.76. The van der Waals surface area contributed by atoms with Crippen molar-refractivity contribution in [3.63, 3.8) is 0 Å². The van der Waals surface area contributed by atoms with Gasteiger partial charge < -0.3 is 19.7 Å². The van der Waals surface area contributed by atoms with E-state index in [2.05, 4.69) is 5.16 Å². The van der Waals surface area contributed by atoms with Gasteiger partial charge in [0.1, 0.15) is 17.4 Å². The summed E-state index contributed by atoms with van der Waals surface area (Å²) in [6.45, 7) is 4.10. The third kappa shape index (κ3) is 2.91. The van der Waals surface area contributed by atoms with Crippen molar-refractivity contribution in [2.45, 2.75) is 20.5 Å². The standard InChI is InChI=1S/C14H16N2O3S/c1-8-11(9(2)19-16-8)7-18-12-5-4-10(14(15)20)6-13(12)17-3/h4-6H,7H2,1-3H3,(H2,15,20). The molecule has 2 aromatic rings. The van der Waals surface area contributed by atoms with Crippen LogP contribution in [0.2, 0.25) is 0 Å². The van der Waals surface area contributed by atoms with Gasteiger partial charge in [0, 0.05) is 5.56 Å². The molecule has 0 atom stereocenters. The predicted octanol–water partition coefficient (Wildman–Crippen LogP) is 2.51. The third-order valence-corrected chi connectivity index (χ3v) is 3.24. The number of ether oxygens (including phenoxy) is 2. The van der Waals surface area contributed by atoms with Crippen molar-refractivity contribution in [1.82, 2.24) is 5.16 Å². The maximum absolute atomic E-state index is 5.76. The highest BCUT2D eigenvalue weighted by Crippen LogP contribution is 2.29. The summed E-state index contributed by atoms with van der Waals surface area (Å²) < 4.78 is 16.1. The first-order chi connectivity index (χ1) is 9.52. The second-order valence-electron chi connectivity index (χ2n) is 4.32. The molecule has 2 N–H and O–H groups in total. The van der Waals surface area contributed by atoms with Crippen molar-refractivity contribution in [2.24, 2.45) is 5.73 Å².